The van der Waals surface area contributed by atoms with Gasteiger partial charge in [-0.25, -0.2) is 0 Å². The Hall–Kier alpha value is 2.80. The van der Waals surface area contributed by atoms with Crippen LogP contribution in [0.1, 0.15) is 0 Å². The molecule has 0 fully saturated rings. The van der Waals surface area contributed by atoms with E-state index < -0.39 is 0 Å². The van der Waals surface area contributed by atoms with E-state index in [4.69, 9.17) is 0 Å². The quantitative estimate of drug-likeness (QED) is 0.499. The first-order chi connectivity index (χ1) is 0. The maximum absolute atomic E-state index is 0. The smallest absolute Gasteiger partial charge is 0 e. The van der Waals surface area contributed by atoms with Gasteiger partial charge >= 0.3 is 0 Å². The van der Waals surface area contributed by atoms with Crippen molar-refractivity contribution in [3.05, 3.63) is 0 Å². The minimum Gasteiger partial charge on any atom is -0.147 e. The summed E-state index contributed by atoms with van der Waals surface area (Å²) in [5.74, 6) is 0. The fraction of sp³-hybridized carbons (Fsp3) is 0. The summed E-state index contributed by atoms with van der Waals surface area (Å²) in [6, 6.07) is 0. The Bertz CT molecular complexity index is 3.61. The molecule has 0 unspecified atom stereocenters. The van der Waals surface area contributed by atoms with Crippen molar-refractivity contribution in [3.63, 3.8) is 0 Å². The molecule has 0 aliphatic rings. The molecule has 0 nitrogen and oxygen atoms in total. The van der Waals surface area contributed by atoms with Crippen LogP contribution in [0.4, 0.5) is 0 Å². The van der Waals surface area contributed by atoms with Crippen molar-refractivity contribution in [1.29, 1.82) is 0 Å². The molecule has 0 rings (SSSR count). The van der Waals surface area contributed by atoms with Crippen LogP contribution in [0.15, 0.2) is 0 Å². The average molecular weight is 185 g/mol. The van der Waals surface area contributed by atoms with Crippen LogP contribution in [0.3, 0.4) is 0 Å². The second-order valence-electron chi connectivity index (χ2n) is 0. The first-order valence-corrected chi connectivity index (χ1v) is 0. The average Bonchev–Trinajstić information content (AvgIpc) is 0. The van der Waals surface area contributed by atoms with Crippen LogP contribution in [0.2, 0.25) is 0 Å². The van der Waals surface area contributed by atoms with Gasteiger partial charge in [-0.05, 0) is 0 Å². The van der Waals surface area contributed by atoms with E-state index in [1.54, 1.807) is 0 Å². The van der Waals surface area contributed by atoms with Crippen LogP contribution >= 0.6 is 49.6 Å². The van der Waals surface area contributed by atoms with E-state index in [0.717, 1.165) is 0 Å². The molecule has 5 heavy (non-hydrogen) atoms. The van der Waals surface area contributed by atoms with E-state index >= 15 is 0 Å². The molecule has 5 heteroatoms. The molecule has 0 saturated carbocycles. The van der Waals surface area contributed by atoms with Crippen molar-refractivity contribution in [2.75, 3.05) is 0 Å². The molecule has 1 radical (unpaired) electrons. The molecule has 0 saturated heterocycles. The third-order valence-electron chi connectivity index (χ3n) is 0. The summed E-state index contributed by atoms with van der Waals surface area (Å²) >= 11 is 0. The molecular formula is H4Cl4K. The number of hydrogen-bond acceptors (Lipinski definition) is 0. The fourth-order valence-corrected chi connectivity index (χ4v) is 0. The van der Waals surface area contributed by atoms with Crippen LogP contribution < -0.4 is 0 Å². The zero-order valence-corrected chi connectivity index (χ0v) is 9.02. The molecular weight excluding hydrogens is 181 g/mol. The van der Waals surface area contributed by atoms with E-state index in [9.17, 15) is 0 Å². The third-order valence-corrected chi connectivity index (χ3v) is 0. The Labute approximate surface area is 98.9 Å². The topological polar surface area (TPSA) is 0 Å². The molecule has 33 valence electrons. The van der Waals surface area contributed by atoms with Gasteiger partial charge in [0.2, 0.25) is 0 Å². The van der Waals surface area contributed by atoms with Crippen molar-refractivity contribution >= 4 is 101 Å². The van der Waals surface area contributed by atoms with Crippen LogP contribution in [-0.4, -0.2) is 51.4 Å². The standard InChI is InChI=1S/4ClH.K/h4*1H;. The Kier molecular flexibility index (Phi) is 269. The minimum absolute atomic E-state index is 0. The van der Waals surface area contributed by atoms with Gasteiger partial charge in [0.15, 0.2) is 0 Å². The largest absolute Gasteiger partial charge is 0.147 e. The zero-order valence-electron chi connectivity index (χ0n) is 2.63. The molecule has 0 aliphatic carbocycles. The van der Waals surface area contributed by atoms with Gasteiger partial charge in [0.25, 0.3) is 0 Å². The van der Waals surface area contributed by atoms with Crippen molar-refractivity contribution < 1.29 is 0 Å². The molecule has 0 atom stereocenters. The summed E-state index contributed by atoms with van der Waals surface area (Å²) in [7, 11) is 0. The monoisotopic (exact) mass is 183 g/mol. The van der Waals surface area contributed by atoms with Crippen molar-refractivity contribution in [1.82, 2.24) is 0 Å². The number of halogens is 4. The second kappa shape index (κ2) is 29.2. The summed E-state index contributed by atoms with van der Waals surface area (Å²) in [6.07, 6.45) is 0. The molecule has 0 aromatic rings. The SMILES string of the molecule is Cl.Cl.Cl.Cl.[K]. The molecule has 0 heterocycles. The van der Waals surface area contributed by atoms with Gasteiger partial charge in [0.05, 0.1) is 0 Å². The maximum Gasteiger partial charge on any atom is 0 e. The molecule has 0 aromatic carbocycles. The fourth-order valence-electron chi connectivity index (χ4n) is 0. The summed E-state index contributed by atoms with van der Waals surface area (Å²) in [4.78, 5) is 0. The molecule has 0 aliphatic heterocycles. The summed E-state index contributed by atoms with van der Waals surface area (Å²) in [5, 5.41) is 0. The van der Waals surface area contributed by atoms with Crippen LogP contribution in [0.5, 0.6) is 0 Å². The Morgan fingerprint density at radius 1 is 0.400 bits per heavy atom. The molecule has 0 N–H and O–H groups in total. The van der Waals surface area contributed by atoms with Gasteiger partial charge < -0.3 is 0 Å². The number of rotatable bonds is 0. The molecule has 0 spiro atoms. The first kappa shape index (κ1) is 46.1. The van der Waals surface area contributed by atoms with Crippen molar-refractivity contribution in [2.45, 2.75) is 0 Å². The molecule has 0 bridgehead atoms. The predicted octanol–water partition coefficient (Wildman–Crippen LogP) is 1.31. The van der Waals surface area contributed by atoms with Gasteiger partial charge in [-0.2, -0.15) is 0 Å². The Morgan fingerprint density at radius 3 is 0.400 bits per heavy atom. The van der Waals surface area contributed by atoms with Crippen LogP contribution in [0, 0.1) is 0 Å². The van der Waals surface area contributed by atoms with Gasteiger partial charge in [-0.3, -0.25) is 0 Å². The van der Waals surface area contributed by atoms with E-state index in [1.807, 2.05) is 0 Å². The van der Waals surface area contributed by atoms with Crippen molar-refractivity contribution in [3.8, 4) is 0 Å². The first-order valence-electron chi connectivity index (χ1n) is 0. The van der Waals surface area contributed by atoms with Gasteiger partial charge in [-0.1, -0.05) is 0 Å². The van der Waals surface area contributed by atoms with Crippen LogP contribution in [0.25, 0.3) is 0 Å². The third kappa shape index (κ3) is 20.0. The zero-order chi connectivity index (χ0) is 0. The van der Waals surface area contributed by atoms with E-state index in [-0.39, 0.29) is 101 Å². The second-order valence-corrected chi connectivity index (χ2v) is 0. The van der Waals surface area contributed by atoms with Crippen molar-refractivity contribution in [2.24, 2.45) is 0 Å². The summed E-state index contributed by atoms with van der Waals surface area (Å²) in [6.45, 7) is 0. The predicted molar refractivity (Wildman–Crippen MR) is 34.7 cm³/mol. The molecule has 0 aromatic heterocycles. The van der Waals surface area contributed by atoms with E-state index in [2.05, 4.69) is 0 Å². The number of hydrogen-bond donors (Lipinski definition) is 0. The van der Waals surface area contributed by atoms with Gasteiger partial charge in [-0.15, -0.1) is 49.6 Å². The minimum atomic E-state index is 0. The van der Waals surface area contributed by atoms with E-state index in [0.29, 0.717) is 0 Å². The normalized spacial score (nSPS) is 0. The molecule has 0 amide bonds. The maximum atomic E-state index is 0. The Balaban J connectivity index is 0. The summed E-state index contributed by atoms with van der Waals surface area (Å²) < 4.78 is 0. The van der Waals surface area contributed by atoms with Gasteiger partial charge in [0, 0.05) is 51.4 Å². The van der Waals surface area contributed by atoms with E-state index in [1.165, 1.54) is 0 Å². The Morgan fingerprint density at radius 2 is 0.400 bits per heavy atom. The van der Waals surface area contributed by atoms with Gasteiger partial charge in [0.1, 0.15) is 0 Å². The summed E-state index contributed by atoms with van der Waals surface area (Å²) in [5.41, 5.74) is 0. The van der Waals surface area contributed by atoms with Crippen LogP contribution in [-0.2, 0) is 0 Å².